The van der Waals surface area contributed by atoms with Crippen molar-refractivity contribution in [1.82, 2.24) is 20.4 Å². The molecule has 33 heavy (non-hydrogen) atoms. The fourth-order valence-electron chi connectivity index (χ4n) is 4.19. The third-order valence-corrected chi connectivity index (χ3v) is 6.30. The van der Waals surface area contributed by atoms with Gasteiger partial charge in [0, 0.05) is 17.1 Å². The number of likely N-dealkylation sites (tertiary alicyclic amines) is 1. The second-order valence-corrected chi connectivity index (χ2v) is 8.77. The number of aromatic nitrogens is 2. The average Bonchev–Trinajstić information content (AvgIpc) is 3.31. The lowest BCUT2D eigenvalue weighted by molar-refractivity contribution is -0.127. The highest BCUT2D eigenvalue weighted by molar-refractivity contribution is 6.30. The smallest absolute Gasteiger partial charge is 0.241 e. The van der Waals surface area contributed by atoms with Gasteiger partial charge in [-0.3, -0.25) is 9.69 Å². The number of methoxy groups -OCH3 is 1. The molecule has 4 rings (SSSR count). The van der Waals surface area contributed by atoms with Crippen molar-refractivity contribution in [3.8, 4) is 17.1 Å². The Bertz CT molecular complexity index is 1050. The number of carbonyl (C=O) groups excluding carboxylic acids is 1. The summed E-state index contributed by atoms with van der Waals surface area (Å²) in [6.45, 7) is 4.18. The van der Waals surface area contributed by atoms with Crippen LogP contribution in [0, 0.1) is 5.92 Å². The molecule has 2 atom stereocenters. The zero-order chi connectivity index (χ0) is 23.2. The van der Waals surface area contributed by atoms with Gasteiger partial charge in [-0.15, -0.1) is 0 Å². The molecule has 3 aromatic rings. The predicted molar refractivity (Wildman–Crippen MR) is 127 cm³/mol. The molecule has 7 nitrogen and oxygen atoms in total. The molecule has 1 aromatic heterocycles. The third-order valence-electron chi connectivity index (χ3n) is 6.05. The van der Waals surface area contributed by atoms with Crippen molar-refractivity contribution in [3.63, 3.8) is 0 Å². The Kier molecular flexibility index (Phi) is 7.62. The van der Waals surface area contributed by atoms with Crippen LogP contribution in [-0.2, 0) is 11.3 Å². The first-order chi connectivity index (χ1) is 16.1. The van der Waals surface area contributed by atoms with Crippen LogP contribution < -0.4 is 10.1 Å². The highest BCUT2D eigenvalue weighted by Gasteiger charge is 2.28. The highest BCUT2D eigenvalue weighted by atomic mass is 35.5. The summed E-state index contributed by atoms with van der Waals surface area (Å²) < 4.78 is 10.7. The van der Waals surface area contributed by atoms with Gasteiger partial charge in [0.2, 0.25) is 17.6 Å². The van der Waals surface area contributed by atoms with Gasteiger partial charge in [0.1, 0.15) is 5.75 Å². The third kappa shape index (κ3) is 5.92. The molecule has 1 aliphatic rings. The minimum absolute atomic E-state index is 0.0170. The van der Waals surface area contributed by atoms with Crippen LogP contribution in [0.25, 0.3) is 11.4 Å². The van der Waals surface area contributed by atoms with Crippen LogP contribution in [0.4, 0.5) is 0 Å². The molecule has 2 unspecified atom stereocenters. The zero-order valence-corrected chi connectivity index (χ0v) is 19.7. The van der Waals surface area contributed by atoms with Crippen LogP contribution in [0.1, 0.15) is 43.7 Å². The molecule has 0 radical (unpaired) electrons. The largest absolute Gasteiger partial charge is 0.497 e. The molecule has 8 heteroatoms. The molecule has 1 aliphatic heterocycles. The molecule has 2 heterocycles. The van der Waals surface area contributed by atoms with E-state index in [1.54, 1.807) is 19.2 Å². The quantitative estimate of drug-likeness (QED) is 0.507. The Balaban J connectivity index is 1.34. The second-order valence-electron chi connectivity index (χ2n) is 8.34. The first-order valence-electron chi connectivity index (χ1n) is 11.3. The van der Waals surface area contributed by atoms with Crippen molar-refractivity contribution < 1.29 is 14.1 Å². The summed E-state index contributed by atoms with van der Waals surface area (Å²) in [5.41, 5.74) is 1.94. The lowest BCUT2D eigenvalue weighted by Gasteiger charge is -2.32. The van der Waals surface area contributed by atoms with Crippen LogP contribution >= 0.6 is 11.6 Å². The minimum atomic E-state index is -0.0651. The number of piperidine rings is 1. The van der Waals surface area contributed by atoms with E-state index in [4.69, 9.17) is 20.9 Å². The van der Waals surface area contributed by atoms with Gasteiger partial charge in [-0.25, -0.2) is 0 Å². The number of halogens is 1. The Morgan fingerprint density at radius 3 is 2.70 bits per heavy atom. The summed E-state index contributed by atoms with van der Waals surface area (Å²) in [6.07, 6.45) is 2.65. The van der Waals surface area contributed by atoms with E-state index in [2.05, 4.69) is 27.3 Å². The second kappa shape index (κ2) is 10.8. The van der Waals surface area contributed by atoms with E-state index in [0.29, 0.717) is 29.8 Å². The van der Waals surface area contributed by atoms with Gasteiger partial charge < -0.3 is 14.6 Å². The van der Waals surface area contributed by atoms with Crippen molar-refractivity contribution in [3.05, 3.63) is 65.0 Å². The first-order valence-corrected chi connectivity index (χ1v) is 11.7. The maximum atomic E-state index is 13.1. The molecule has 1 amide bonds. The van der Waals surface area contributed by atoms with Gasteiger partial charge in [-0.05, 0) is 67.8 Å². The van der Waals surface area contributed by atoms with Crippen LogP contribution in [0.3, 0.4) is 0 Å². The van der Waals surface area contributed by atoms with Crippen molar-refractivity contribution in [2.24, 2.45) is 5.92 Å². The Labute approximate surface area is 199 Å². The SMILES string of the molecule is CCC(NC(=O)C1CCCN(Cc2nc(-c3ccc(Cl)cc3)no2)C1)c1ccc(OC)cc1. The van der Waals surface area contributed by atoms with Crippen molar-refractivity contribution in [1.29, 1.82) is 0 Å². The topological polar surface area (TPSA) is 80.5 Å². The van der Waals surface area contributed by atoms with Gasteiger partial charge in [-0.2, -0.15) is 4.98 Å². The molecule has 0 saturated carbocycles. The zero-order valence-electron chi connectivity index (χ0n) is 19.0. The average molecular weight is 469 g/mol. The summed E-state index contributed by atoms with van der Waals surface area (Å²) in [5, 5.41) is 7.99. The van der Waals surface area contributed by atoms with Gasteiger partial charge in [0.15, 0.2) is 0 Å². The maximum Gasteiger partial charge on any atom is 0.241 e. The number of benzene rings is 2. The molecule has 1 N–H and O–H groups in total. The fourth-order valence-corrected chi connectivity index (χ4v) is 4.31. The summed E-state index contributed by atoms with van der Waals surface area (Å²) in [4.78, 5) is 19.8. The van der Waals surface area contributed by atoms with Crippen molar-refractivity contribution in [2.45, 2.75) is 38.8 Å². The summed E-state index contributed by atoms with van der Waals surface area (Å²) in [5.74, 6) is 1.92. The standard InChI is InChI=1S/C25H29ClN4O3/c1-3-22(17-8-12-21(32-2)13-9-17)27-25(31)19-5-4-14-30(15-19)16-23-28-24(29-33-23)18-6-10-20(26)11-7-18/h6-13,19,22H,3-5,14-16H2,1-2H3,(H,27,31). The minimum Gasteiger partial charge on any atom is -0.497 e. The Morgan fingerprint density at radius 1 is 1.24 bits per heavy atom. The van der Waals surface area contributed by atoms with Crippen molar-refractivity contribution in [2.75, 3.05) is 20.2 Å². The Hall–Kier alpha value is -2.90. The number of rotatable bonds is 8. The molecule has 2 aromatic carbocycles. The number of nitrogens with zero attached hydrogens (tertiary/aromatic N) is 3. The molecule has 0 aliphatic carbocycles. The van der Waals surface area contributed by atoms with Crippen LogP contribution in [-0.4, -0.2) is 41.1 Å². The molecular formula is C25H29ClN4O3. The van der Waals surface area contributed by atoms with Crippen molar-refractivity contribution >= 4 is 17.5 Å². The van der Waals surface area contributed by atoms with Crippen LogP contribution in [0.2, 0.25) is 5.02 Å². The van der Waals surface area contributed by atoms with E-state index in [-0.39, 0.29) is 17.9 Å². The summed E-state index contributed by atoms with van der Waals surface area (Å²) >= 11 is 5.95. The van der Waals surface area contributed by atoms with E-state index >= 15 is 0 Å². The predicted octanol–water partition coefficient (Wildman–Crippen LogP) is 4.88. The normalized spacial score (nSPS) is 17.5. The van der Waals surface area contributed by atoms with E-state index in [9.17, 15) is 4.79 Å². The number of hydrogen-bond donors (Lipinski definition) is 1. The van der Waals surface area contributed by atoms with E-state index in [0.717, 1.165) is 42.7 Å². The molecule has 0 spiro atoms. The lowest BCUT2D eigenvalue weighted by Crippen LogP contribution is -2.43. The monoisotopic (exact) mass is 468 g/mol. The number of amides is 1. The summed E-state index contributed by atoms with van der Waals surface area (Å²) in [7, 11) is 1.65. The number of hydrogen-bond acceptors (Lipinski definition) is 6. The van der Waals surface area contributed by atoms with Gasteiger partial charge in [0.05, 0.1) is 25.6 Å². The number of nitrogens with one attached hydrogen (secondary N) is 1. The molecule has 1 saturated heterocycles. The van der Waals surface area contributed by atoms with Gasteiger partial charge in [-0.1, -0.05) is 35.8 Å². The molecule has 1 fully saturated rings. The summed E-state index contributed by atoms with van der Waals surface area (Å²) in [6, 6.07) is 15.2. The fraction of sp³-hybridized carbons (Fsp3) is 0.400. The number of ether oxygens (including phenoxy) is 1. The van der Waals surface area contributed by atoms with Gasteiger partial charge in [0.25, 0.3) is 0 Å². The molecule has 174 valence electrons. The maximum absolute atomic E-state index is 13.1. The van der Waals surface area contributed by atoms with E-state index < -0.39 is 0 Å². The first kappa shape index (κ1) is 23.3. The Morgan fingerprint density at radius 2 is 2.00 bits per heavy atom. The van der Waals surface area contributed by atoms with E-state index in [1.165, 1.54) is 0 Å². The van der Waals surface area contributed by atoms with Crippen LogP contribution in [0.15, 0.2) is 53.1 Å². The van der Waals surface area contributed by atoms with E-state index in [1.807, 2.05) is 36.4 Å². The lowest BCUT2D eigenvalue weighted by atomic mass is 9.95. The van der Waals surface area contributed by atoms with Crippen LogP contribution in [0.5, 0.6) is 5.75 Å². The highest BCUT2D eigenvalue weighted by Crippen LogP contribution is 2.24. The van der Waals surface area contributed by atoms with Gasteiger partial charge >= 0.3 is 0 Å². The molecular weight excluding hydrogens is 440 g/mol. The molecule has 0 bridgehead atoms. The number of carbonyl (C=O) groups is 1.